The SMILES string of the molecule is CC(C)(C)OC(=O)ON1CCC(C(=O)NC(c2ccccc2)c2c[nH]c3cc(Cl)ccc3c2=O)C1. The minimum atomic E-state index is -0.802. The van der Waals surface area contributed by atoms with Crippen LogP contribution in [0.15, 0.2) is 59.5 Å². The molecule has 4 rings (SSSR count). The summed E-state index contributed by atoms with van der Waals surface area (Å²) in [5.74, 6) is -0.647. The number of pyridine rings is 1. The molecule has 184 valence electrons. The summed E-state index contributed by atoms with van der Waals surface area (Å²) in [5, 5.41) is 5.48. The molecule has 3 aromatic rings. The molecule has 0 bridgehead atoms. The fourth-order valence-electron chi connectivity index (χ4n) is 4.07. The molecule has 1 fully saturated rings. The number of rotatable bonds is 5. The van der Waals surface area contributed by atoms with Crippen LogP contribution in [0.25, 0.3) is 10.9 Å². The van der Waals surface area contributed by atoms with Crippen molar-refractivity contribution in [1.82, 2.24) is 15.4 Å². The molecule has 0 radical (unpaired) electrons. The molecular formula is C26H28ClN3O5. The second-order valence-corrected chi connectivity index (χ2v) is 9.98. The van der Waals surface area contributed by atoms with Crippen molar-refractivity contribution < 1.29 is 19.2 Å². The third-order valence-corrected chi connectivity index (χ3v) is 5.95. The van der Waals surface area contributed by atoms with E-state index in [9.17, 15) is 14.4 Å². The number of carbonyl (C=O) groups excluding carboxylic acids is 2. The highest BCUT2D eigenvalue weighted by molar-refractivity contribution is 6.31. The maximum absolute atomic E-state index is 13.4. The van der Waals surface area contributed by atoms with E-state index >= 15 is 0 Å². The Morgan fingerprint density at radius 2 is 1.91 bits per heavy atom. The first-order chi connectivity index (χ1) is 16.6. The zero-order valence-corrected chi connectivity index (χ0v) is 20.6. The van der Waals surface area contributed by atoms with Crippen LogP contribution in [0.4, 0.5) is 4.79 Å². The van der Waals surface area contributed by atoms with E-state index in [-0.39, 0.29) is 17.9 Å². The Kier molecular flexibility index (Phi) is 7.14. The van der Waals surface area contributed by atoms with Crippen LogP contribution in [0.2, 0.25) is 5.02 Å². The lowest BCUT2D eigenvalue weighted by atomic mass is 9.97. The number of carbonyl (C=O) groups is 2. The number of amides is 1. The average molecular weight is 498 g/mol. The summed E-state index contributed by atoms with van der Waals surface area (Å²) in [7, 11) is 0. The second-order valence-electron chi connectivity index (χ2n) is 9.54. The van der Waals surface area contributed by atoms with E-state index in [1.54, 1.807) is 45.2 Å². The highest BCUT2D eigenvalue weighted by Crippen LogP contribution is 2.25. The number of nitrogens with one attached hydrogen (secondary N) is 2. The zero-order chi connectivity index (χ0) is 25.2. The second kappa shape index (κ2) is 10.1. The van der Waals surface area contributed by atoms with Gasteiger partial charge in [-0.3, -0.25) is 9.59 Å². The number of aromatic nitrogens is 1. The first kappa shape index (κ1) is 24.8. The largest absolute Gasteiger partial charge is 0.528 e. The van der Waals surface area contributed by atoms with Crippen molar-refractivity contribution in [2.24, 2.45) is 5.92 Å². The van der Waals surface area contributed by atoms with E-state index in [1.807, 2.05) is 30.3 Å². The number of H-pyrrole nitrogens is 1. The normalized spacial score (nSPS) is 17.2. The van der Waals surface area contributed by atoms with Crippen LogP contribution in [0.1, 0.15) is 44.4 Å². The van der Waals surface area contributed by atoms with E-state index in [0.29, 0.717) is 34.5 Å². The van der Waals surface area contributed by atoms with Gasteiger partial charge in [0.05, 0.1) is 17.5 Å². The van der Waals surface area contributed by atoms with Crippen molar-refractivity contribution in [2.75, 3.05) is 13.1 Å². The number of ether oxygens (including phenoxy) is 1. The first-order valence-corrected chi connectivity index (χ1v) is 11.8. The van der Waals surface area contributed by atoms with Gasteiger partial charge in [0.25, 0.3) is 0 Å². The van der Waals surface area contributed by atoms with Gasteiger partial charge in [0.1, 0.15) is 5.60 Å². The van der Waals surface area contributed by atoms with Gasteiger partial charge < -0.3 is 19.9 Å². The Morgan fingerprint density at radius 3 is 2.63 bits per heavy atom. The molecule has 2 heterocycles. The Hall–Kier alpha value is -3.36. The van der Waals surface area contributed by atoms with Crippen molar-refractivity contribution in [3.8, 4) is 0 Å². The van der Waals surface area contributed by atoms with Gasteiger partial charge in [-0.05, 0) is 51.0 Å². The molecule has 2 N–H and O–H groups in total. The molecule has 0 saturated carbocycles. The van der Waals surface area contributed by atoms with Crippen molar-refractivity contribution in [1.29, 1.82) is 0 Å². The highest BCUT2D eigenvalue weighted by atomic mass is 35.5. The Balaban J connectivity index is 1.54. The third kappa shape index (κ3) is 6.01. The van der Waals surface area contributed by atoms with E-state index in [4.69, 9.17) is 21.2 Å². The van der Waals surface area contributed by atoms with Crippen molar-refractivity contribution in [3.05, 3.63) is 81.1 Å². The number of hydrogen-bond donors (Lipinski definition) is 2. The van der Waals surface area contributed by atoms with Crippen molar-refractivity contribution >= 4 is 34.6 Å². The molecule has 1 aliphatic rings. The van der Waals surface area contributed by atoms with Gasteiger partial charge in [0.15, 0.2) is 5.43 Å². The summed E-state index contributed by atoms with van der Waals surface area (Å²) in [6.45, 7) is 5.90. The maximum atomic E-state index is 13.4. The molecule has 35 heavy (non-hydrogen) atoms. The number of nitrogens with zero attached hydrogens (tertiary/aromatic N) is 1. The summed E-state index contributed by atoms with van der Waals surface area (Å²) in [5.41, 5.74) is 0.953. The molecule has 1 aromatic heterocycles. The molecule has 2 aromatic carbocycles. The lowest BCUT2D eigenvalue weighted by molar-refractivity contribution is -0.138. The topological polar surface area (TPSA) is 101 Å². The molecule has 8 nitrogen and oxygen atoms in total. The summed E-state index contributed by atoms with van der Waals surface area (Å²) in [6.07, 6.45) is 1.32. The number of benzene rings is 2. The number of fused-ring (bicyclic) bond motifs is 1. The summed E-state index contributed by atoms with van der Waals surface area (Å²) < 4.78 is 5.18. The van der Waals surface area contributed by atoms with Gasteiger partial charge in [0, 0.05) is 35.3 Å². The van der Waals surface area contributed by atoms with Crippen LogP contribution in [-0.2, 0) is 14.4 Å². The zero-order valence-electron chi connectivity index (χ0n) is 19.8. The minimum absolute atomic E-state index is 0.189. The van der Waals surface area contributed by atoms with Crippen LogP contribution >= 0.6 is 11.6 Å². The van der Waals surface area contributed by atoms with E-state index in [0.717, 1.165) is 5.56 Å². The maximum Gasteiger partial charge on any atom is 0.528 e. The number of hydroxylamine groups is 2. The summed E-state index contributed by atoms with van der Waals surface area (Å²) in [4.78, 5) is 46.9. The number of hydrogen-bond acceptors (Lipinski definition) is 6. The first-order valence-electron chi connectivity index (χ1n) is 11.4. The molecule has 9 heteroatoms. The molecule has 1 amide bonds. The molecule has 2 unspecified atom stereocenters. The Labute approximate surface area is 208 Å². The third-order valence-electron chi connectivity index (χ3n) is 5.72. The fourth-order valence-corrected chi connectivity index (χ4v) is 4.24. The lowest BCUT2D eigenvalue weighted by Crippen LogP contribution is -2.38. The minimum Gasteiger partial charge on any atom is -0.427 e. The fraction of sp³-hybridized carbons (Fsp3) is 0.346. The van der Waals surface area contributed by atoms with Crippen molar-refractivity contribution in [3.63, 3.8) is 0 Å². The average Bonchev–Trinajstić information content (AvgIpc) is 3.25. The Bertz CT molecular complexity index is 1290. The summed E-state index contributed by atoms with van der Waals surface area (Å²) >= 11 is 6.06. The Morgan fingerprint density at radius 1 is 1.17 bits per heavy atom. The predicted octanol–water partition coefficient (Wildman–Crippen LogP) is 4.58. The van der Waals surface area contributed by atoms with Crippen LogP contribution < -0.4 is 10.7 Å². The van der Waals surface area contributed by atoms with Crippen LogP contribution in [0, 0.1) is 5.92 Å². The standard InChI is InChI=1S/C26H28ClN3O5/c1-26(2,3)34-25(33)35-30-12-11-17(15-30)24(32)29-22(16-7-5-4-6-8-16)20-14-28-21-13-18(27)9-10-19(21)23(20)31/h4-10,13-14,17,22H,11-12,15H2,1-3H3,(H,28,31)(H,29,32). The van der Waals surface area contributed by atoms with Gasteiger partial charge in [-0.2, -0.15) is 0 Å². The van der Waals surface area contributed by atoms with E-state index in [2.05, 4.69) is 10.3 Å². The molecule has 1 saturated heterocycles. The lowest BCUT2D eigenvalue weighted by Gasteiger charge is -2.23. The van der Waals surface area contributed by atoms with Gasteiger partial charge in [-0.25, -0.2) is 4.79 Å². The molecule has 1 aliphatic heterocycles. The summed E-state index contributed by atoms with van der Waals surface area (Å²) in [6, 6.07) is 13.7. The number of aromatic amines is 1. The monoisotopic (exact) mass is 497 g/mol. The van der Waals surface area contributed by atoms with E-state index in [1.165, 1.54) is 5.06 Å². The van der Waals surface area contributed by atoms with Crippen LogP contribution in [-0.4, -0.2) is 40.8 Å². The smallest absolute Gasteiger partial charge is 0.427 e. The van der Waals surface area contributed by atoms with Crippen LogP contribution in [0.5, 0.6) is 0 Å². The number of halogens is 1. The van der Waals surface area contributed by atoms with Crippen molar-refractivity contribution in [2.45, 2.75) is 38.8 Å². The quantitative estimate of drug-likeness (QED) is 0.500. The van der Waals surface area contributed by atoms with Crippen LogP contribution in [0.3, 0.4) is 0 Å². The molecule has 0 spiro atoms. The highest BCUT2D eigenvalue weighted by Gasteiger charge is 2.33. The molecule has 2 atom stereocenters. The van der Waals surface area contributed by atoms with E-state index < -0.39 is 23.7 Å². The van der Waals surface area contributed by atoms with Gasteiger partial charge in [-0.1, -0.05) is 41.9 Å². The van der Waals surface area contributed by atoms with Gasteiger partial charge in [0.2, 0.25) is 5.91 Å². The van der Waals surface area contributed by atoms with Gasteiger partial charge >= 0.3 is 6.16 Å². The molecular weight excluding hydrogens is 470 g/mol. The predicted molar refractivity (Wildman–Crippen MR) is 133 cm³/mol. The van der Waals surface area contributed by atoms with Gasteiger partial charge in [-0.15, -0.1) is 5.06 Å². The molecule has 0 aliphatic carbocycles.